The Hall–Kier alpha value is -0.540. The molecular weight excluding hydrogens is 362 g/mol. The molecule has 0 aliphatic carbocycles. The molecule has 0 radical (unpaired) electrons. The summed E-state index contributed by atoms with van der Waals surface area (Å²) in [5.41, 5.74) is -9.62. The Labute approximate surface area is 129 Å². The topological polar surface area (TPSA) is 17.1 Å². The fourth-order valence-electron chi connectivity index (χ4n) is 1.36. The Morgan fingerprint density at radius 2 is 1.62 bits per heavy atom. The van der Waals surface area contributed by atoms with E-state index in [1.807, 2.05) is 0 Å². The van der Waals surface area contributed by atoms with Gasteiger partial charge in [0.1, 0.15) is 0 Å². The maximum atomic E-state index is 12.4. The number of benzene rings is 1. The van der Waals surface area contributed by atoms with E-state index < -0.39 is 50.1 Å². The van der Waals surface area contributed by atoms with Crippen molar-refractivity contribution in [1.29, 1.82) is 0 Å². The van der Waals surface area contributed by atoms with Gasteiger partial charge in [-0.15, -0.1) is 11.6 Å². The van der Waals surface area contributed by atoms with Gasteiger partial charge in [-0.1, -0.05) is 0 Å². The molecule has 0 amide bonds. The summed E-state index contributed by atoms with van der Waals surface area (Å²) in [7, 11) is 0. The average Bonchev–Trinajstić information content (AvgIpc) is 2.24. The van der Waals surface area contributed by atoms with Crippen molar-refractivity contribution >= 4 is 40.9 Å². The van der Waals surface area contributed by atoms with Crippen LogP contribution in [0.4, 0.5) is 26.3 Å². The Kier molecular flexibility index (Phi) is 6.30. The first-order chi connectivity index (χ1) is 9.52. The van der Waals surface area contributed by atoms with Gasteiger partial charge in [0.2, 0.25) is 0 Å². The van der Waals surface area contributed by atoms with Crippen LogP contribution in [0.2, 0.25) is 0 Å². The summed E-state index contributed by atoms with van der Waals surface area (Å²) in [6.07, 6.45) is -0.196. The van der Waals surface area contributed by atoms with Gasteiger partial charge < -0.3 is 0 Å². The van der Waals surface area contributed by atoms with Crippen molar-refractivity contribution in [2.45, 2.75) is 27.2 Å². The van der Waals surface area contributed by atoms with Crippen molar-refractivity contribution in [1.82, 2.24) is 0 Å². The standard InChI is InChI=1S/C11H7ClF6OS2/c12-4-3-8(19)7-2-1-6(20-10(13,14)15)5-9(7)21-11(16,17)18/h1-2,5H,3-4H2. The number of rotatable bonds is 5. The monoisotopic (exact) mass is 368 g/mol. The van der Waals surface area contributed by atoms with Crippen LogP contribution in [0.5, 0.6) is 0 Å². The molecule has 0 atom stereocenters. The first-order valence-corrected chi connectivity index (χ1v) is 7.43. The molecule has 21 heavy (non-hydrogen) atoms. The maximum Gasteiger partial charge on any atom is 0.446 e. The molecule has 0 spiro atoms. The van der Waals surface area contributed by atoms with Crippen molar-refractivity contribution in [3.8, 4) is 0 Å². The number of carbonyl (C=O) groups excluding carboxylic acids is 1. The van der Waals surface area contributed by atoms with E-state index in [0.29, 0.717) is 6.07 Å². The second-order valence-electron chi connectivity index (χ2n) is 3.62. The largest absolute Gasteiger partial charge is 0.446 e. The molecule has 0 aliphatic heterocycles. The third-order valence-electron chi connectivity index (χ3n) is 2.03. The number of hydrogen-bond donors (Lipinski definition) is 0. The molecule has 0 saturated carbocycles. The van der Waals surface area contributed by atoms with Gasteiger partial charge in [0.25, 0.3) is 0 Å². The zero-order chi connectivity index (χ0) is 16.3. The van der Waals surface area contributed by atoms with E-state index in [9.17, 15) is 31.1 Å². The van der Waals surface area contributed by atoms with E-state index in [1.54, 1.807) is 0 Å². The molecule has 0 fully saturated rings. The van der Waals surface area contributed by atoms with Crippen LogP contribution in [-0.4, -0.2) is 22.7 Å². The molecule has 1 rings (SSSR count). The van der Waals surface area contributed by atoms with Gasteiger partial charge >= 0.3 is 11.0 Å². The molecule has 0 unspecified atom stereocenters. The molecule has 1 nitrogen and oxygen atoms in total. The molecule has 118 valence electrons. The highest BCUT2D eigenvalue weighted by Crippen LogP contribution is 2.43. The predicted molar refractivity (Wildman–Crippen MR) is 69.9 cm³/mol. The zero-order valence-electron chi connectivity index (χ0n) is 10.0. The summed E-state index contributed by atoms with van der Waals surface area (Å²) in [5, 5.41) is 0. The first kappa shape index (κ1) is 18.5. The lowest BCUT2D eigenvalue weighted by Crippen LogP contribution is -2.07. The van der Waals surface area contributed by atoms with Crippen LogP contribution in [0.3, 0.4) is 0 Å². The van der Waals surface area contributed by atoms with Crippen LogP contribution < -0.4 is 0 Å². The van der Waals surface area contributed by atoms with Gasteiger partial charge in [-0.3, -0.25) is 4.79 Å². The number of thioether (sulfide) groups is 2. The Balaban J connectivity index is 3.16. The molecular formula is C11H7ClF6OS2. The third kappa shape index (κ3) is 6.84. The third-order valence-corrected chi connectivity index (χ3v) is 3.73. The fourth-order valence-corrected chi connectivity index (χ4v) is 2.91. The van der Waals surface area contributed by atoms with Crippen LogP contribution in [0, 0.1) is 0 Å². The zero-order valence-corrected chi connectivity index (χ0v) is 12.4. The Morgan fingerprint density at radius 3 is 2.10 bits per heavy atom. The van der Waals surface area contributed by atoms with Crippen molar-refractivity contribution in [2.75, 3.05) is 5.88 Å². The van der Waals surface area contributed by atoms with Gasteiger partial charge in [0.15, 0.2) is 5.78 Å². The number of Topliss-reactive ketones (excluding diaryl/α,β-unsaturated/α-hetero) is 1. The number of carbonyl (C=O) groups is 1. The lowest BCUT2D eigenvalue weighted by molar-refractivity contribution is -0.0334. The molecule has 1 aromatic carbocycles. The second-order valence-corrected chi connectivity index (χ2v) is 6.24. The lowest BCUT2D eigenvalue weighted by atomic mass is 10.1. The number of alkyl halides is 7. The molecule has 0 bridgehead atoms. The van der Waals surface area contributed by atoms with Crippen molar-refractivity contribution in [3.63, 3.8) is 0 Å². The van der Waals surface area contributed by atoms with Gasteiger partial charge in [-0.25, -0.2) is 0 Å². The number of ketones is 1. The summed E-state index contributed by atoms with van der Waals surface area (Å²) in [4.78, 5) is 10.7. The Bertz CT molecular complexity index is 514. The highest BCUT2D eigenvalue weighted by atomic mass is 35.5. The van der Waals surface area contributed by atoms with E-state index in [0.717, 1.165) is 12.1 Å². The average molecular weight is 369 g/mol. The molecule has 0 aromatic heterocycles. The van der Waals surface area contributed by atoms with Gasteiger partial charge in [0.05, 0.1) is 0 Å². The van der Waals surface area contributed by atoms with E-state index in [4.69, 9.17) is 11.6 Å². The summed E-state index contributed by atoms with van der Waals surface area (Å²) >= 11 is 4.18. The predicted octanol–water partition coefficient (Wildman–Crippen LogP) is 5.72. The molecule has 10 heteroatoms. The summed E-state index contributed by atoms with van der Waals surface area (Å²) in [6, 6.07) is 2.62. The smallest absolute Gasteiger partial charge is 0.294 e. The number of halogens is 7. The van der Waals surface area contributed by atoms with Crippen LogP contribution in [0.15, 0.2) is 28.0 Å². The minimum absolute atomic E-state index is 0.0893. The van der Waals surface area contributed by atoms with Crippen molar-refractivity contribution in [3.05, 3.63) is 23.8 Å². The van der Waals surface area contributed by atoms with Crippen LogP contribution >= 0.6 is 35.1 Å². The molecule has 0 N–H and O–H groups in total. The normalized spacial score (nSPS) is 12.5. The van der Waals surface area contributed by atoms with Crippen molar-refractivity contribution in [2.24, 2.45) is 0 Å². The van der Waals surface area contributed by atoms with E-state index in [-0.39, 0.29) is 17.9 Å². The minimum atomic E-state index is -4.71. The molecule has 0 heterocycles. The summed E-state index contributed by atoms with van der Waals surface area (Å²) in [5.74, 6) is -0.742. The van der Waals surface area contributed by atoms with Crippen LogP contribution in [0.25, 0.3) is 0 Å². The van der Waals surface area contributed by atoms with E-state index >= 15 is 0 Å². The quantitative estimate of drug-likeness (QED) is 0.286. The summed E-state index contributed by atoms with van der Waals surface area (Å²) in [6.45, 7) is 0. The molecule has 1 aromatic rings. The highest BCUT2D eigenvalue weighted by Gasteiger charge is 2.33. The van der Waals surface area contributed by atoms with Gasteiger partial charge in [-0.05, 0) is 41.7 Å². The molecule has 0 saturated heterocycles. The summed E-state index contributed by atoms with van der Waals surface area (Å²) < 4.78 is 74.0. The van der Waals surface area contributed by atoms with Gasteiger partial charge in [0, 0.05) is 27.7 Å². The second kappa shape index (κ2) is 7.15. The SMILES string of the molecule is O=C(CCCl)c1ccc(SC(F)(F)F)cc1SC(F)(F)F. The molecule has 0 aliphatic rings. The lowest BCUT2D eigenvalue weighted by Gasteiger charge is -2.12. The highest BCUT2D eigenvalue weighted by molar-refractivity contribution is 8.01. The maximum absolute atomic E-state index is 12.4. The van der Waals surface area contributed by atoms with Crippen LogP contribution in [-0.2, 0) is 0 Å². The Morgan fingerprint density at radius 1 is 1.05 bits per heavy atom. The number of hydrogen-bond acceptors (Lipinski definition) is 3. The van der Waals surface area contributed by atoms with Crippen LogP contribution in [0.1, 0.15) is 16.8 Å². The van der Waals surface area contributed by atoms with E-state index in [2.05, 4.69) is 0 Å². The minimum Gasteiger partial charge on any atom is -0.294 e. The van der Waals surface area contributed by atoms with E-state index in [1.165, 1.54) is 0 Å². The van der Waals surface area contributed by atoms with Gasteiger partial charge in [-0.2, -0.15) is 26.3 Å². The first-order valence-electron chi connectivity index (χ1n) is 5.26. The van der Waals surface area contributed by atoms with Crippen molar-refractivity contribution < 1.29 is 31.1 Å². The fraction of sp³-hybridized carbons (Fsp3) is 0.364.